The van der Waals surface area contributed by atoms with Crippen LogP contribution in [0.15, 0.2) is 23.0 Å². The number of morpholine rings is 1. The topological polar surface area (TPSA) is 77.7 Å². The van der Waals surface area contributed by atoms with Crippen LogP contribution in [0.2, 0.25) is 5.02 Å². The van der Waals surface area contributed by atoms with Gasteiger partial charge in [0.2, 0.25) is 6.39 Å². The predicted octanol–water partition coefficient (Wildman–Crippen LogP) is 2.32. The van der Waals surface area contributed by atoms with Crippen molar-refractivity contribution in [1.29, 1.82) is 0 Å². The lowest BCUT2D eigenvalue weighted by atomic mass is 10.1. The summed E-state index contributed by atoms with van der Waals surface area (Å²) >= 11 is 6.14. The Labute approximate surface area is 144 Å². The van der Waals surface area contributed by atoms with Crippen molar-refractivity contribution in [2.24, 2.45) is 0 Å². The van der Waals surface area contributed by atoms with Gasteiger partial charge in [0.25, 0.3) is 5.91 Å². The van der Waals surface area contributed by atoms with Gasteiger partial charge in [-0.05, 0) is 37.1 Å². The van der Waals surface area contributed by atoms with Crippen molar-refractivity contribution in [3.63, 3.8) is 0 Å². The minimum atomic E-state index is -0.359. The van der Waals surface area contributed by atoms with Gasteiger partial charge < -0.3 is 18.9 Å². The summed E-state index contributed by atoms with van der Waals surface area (Å²) in [4.78, 5) is 18.2. The third-order valence-electron chi connectivity index (χ3n) is 3.90. The molecular formula is C16H18ClN3O4. The summed E-state index contributed by atoms with van der Waals surface area (Å²) in [6.07, 6.45) is 1.24. The summed E-state index contributed by atoms with van der Waals surface area (Å²) in [5.41, 5.74) is 1.82. The molecule has 1 aliphatic heterocycles. The first-order valence-electron chi connectivity index (χ1n) is 7.59. The summed E-state index contributed by atoms with van der Waals surface area (Å²) in [6.45, 7) is 5.00. The lowest BCUT2D eigenvalue weighted by Gasteiger charge is -2.33. The van der Waals surface area contributed by atoms with Crippen LogP contribution in [0.4, 0.5) is 0 Å². The number of aryl methyl sites for hydroxylation is 2. The quantitative estimate of drug-likeness (QED) is 0.841. The molecule has 1 aromatic heterocycles. The predicted molar refractivity (Wildman–Crippen MR) is 86.0 cm³/mol. The standard InChI is InChI=1S/C16H18ClN3O4/c1-10-5-12(6-11(2)15(10)17)23-8-14(21)20-3-4-22-7-13(20)16-18-9-24-19-16/h5-6,9,13H,3-4,7-8H2,1-2H3. The molecule has 1 amide bonds. The Morgan fingerprint density at radius 1 is 1.42 bits per heavy atom. The van der Waals surface area contributed by atoms with Crippen LogP contribution in [0, 0.1) is 13.8 Å². The number of carbonyl (C=O) groups excluding carboxylic acids is 1. The number of amides is 1. The Bertz CT molecular complexity index is 697. The fourth-order valence-electron chi connectivity index (χ4n) is 2.66. The van der Waals surface area contributed by atoms with Crippen LogP contribution < -0.4 is 4.74 Å². The Morgan fingerprint density at radius 2 is 2.17 bits per heavy atom. The first-order valence-corrected chi connectivity index (χ1v) is 7.97. The monoisotopic (exact) mass is 351 g/mol. The SMILES string of the molecule is Cc1cc(OCC(=O)N2CCOCC2c2ncon2)cc(C)c1Cl. The zero-order valence-corrected chi connectivity index (χ0v) is 14.2. The van der Waals surface area contributed by atoms with E-state index >= 15 is 0 Å². The molecule has 2 heterocycles. The molecule has 128 valence electrons. The van der Waals surface area contributed by atoms with Gasteiger partial charge in [0.05, 0.1) is 13.2 Å². The number of aromatic nitrogens is 2. The summed E-state index contributed by atoms with van der Waals surface area (Å²) < 4.78 is 15.8. The molecule has 1 saturated heterocycles. The van der Waals surface area contributed by atoms with Crippen LogP contribution in [-0.2, 0) is 9.53 Å². The summed E-state index contributed by atoms with van der Waals surface area (Å²) in [5, 5.41) is 4.52. The zero-order chi connectivity index (χ0) is 17.1. The van der Waals surface area contributed by atoms with Crippen LogP contribution in [-0.4, -0.2) is 47.3 Å². The number of halogens is 1. The van der Waals surface area contributed by atoms with Gasteiger partial charge in [-0.25, -0.2) is 0 Å². The Hall–Kier alpha value is -2.12. The van der Waals surface area contributed by atoms with Gasteiger partial charge in [0, 0.05) is 11.6 Å². The van der Waals surface area contributed by atoms with Crippen molar-refractivity contribution in [1.82, 2.24) is 15.0 Å². The number of hydrogen-bond donors (Lipinski definition) is 0. The van der Waals surface area contributed by atoms with E-state index in [4.69, 9.17) is 25.6 Å². The fraction of sp³-hybridized carbons (Fsp3) is 0.438. The third-order valence-corrected chi connectivity index (χ3v) is 4.49. The van der Waals surface area contributed by atoms with Gasteiger partial charge in [-0.1, -0.05) is 16.8 Å². The lowest BCUT2D eigenvalue weighted by molar-refractivity contribution is -0.142. The molecule has 1 aromatic carbocycles. The molecule has 1 fully saturated rings. The van der Waals surface area contributed by atoms with Crippen LogP contribution in [0.1, 0.15) is 23.0 Å². The van der Waals surface area contributed by atoms with E-state index in [1.54, 1.807) is 4.90 Å². The van der Waals surface area contributed by atoms with E-state index in [0.717, 1.165) is 11.1 Å². The molecule has 7 nitrogen and oxygen atoms in total. The summed E-state index contributed by atoms with van der Waals surface area (Å²) in [6, 6.07) is 3.28. The number of benzene rings is 1. The van der Waals surface area contributed by atoms with Crippen molar-refractivity contribution >= 4 is 17.5 Å². The van der Waals surface area contributed by atoms with E-state index < -0.39 is 0 Å². The molecular weight excluding hydrogens is 334 g/mol. The molecule has 0 N–H and O–H groups in total. The summed E-state index contributed by atoms with van der Waals surface area (Å²) in [7, 11) is 0. The van der Waals surface area contributed by atoms with E-state index in [0.29, 0.717) is 36.4 Å². The highest BCUT2D eigenvalue weighted by atomic mass is 35.5. The minimum absolute atomic E-state index is 0.0745. The fourth-order valence-corrected chi connectivity index (χ4v) is 2.77. The molecule has 1 unspecified atom stereocenters. The molecule has 0 aliphatic carbocycles. The molecule has 2 aromatic rings. The minimum Gasteiger partial charge on any atom is -0.484 e. The van der Waals surface area contributed by atoms with Crippen molar-refractivity contribution in [3.8, 4) is 5.75 Å². The van der Waals surface area contributed by atoms with Gasteiger partial charge in [-0.15, -0.1) is 0 Å². The van der Waals surface area contributed by atoms with E-state index in [2.05, 4.69) is 10.1 Å². The Kier molecular flexibility index (Phi) is 5.01. The molecule has 0 saturated carbocycles. The number of nitrogens with zero attached hydrogens (tertiary/aromatic N) is 3. The second-order valence-corrected chi connectivity index (χ2v) is 6.00. The molecule has 3 rings (SSSR count). The molecule has 1 atom stereocenters. The highest BCUT2D eigenvalue weighted by molar-refractivity contribution is 6.32. The van der Waals surface area contributed by atoms with Gasteiger partial charge in [0.15, 0.2) is 12.4 Å². The smallest absolute Gasteiger partial charge is 0.261 e. The maximum Gasteiger partial charge on any atom is 0.261 e. The maximum atomic E-state index is 12.5. The molecule has 0 spiro atoms. The van der Waals surface area contributed by atoms with E-state index in [1.165, 1.54) is 6.39 Å². The van der Waals surface area contributed by atoms with Crippen LogP contribution in [0.25, 0.3) is 0 Å². The third kappa shape index (κ3) is 3.52. The highest BCUT2D eigenvalue weighted by Crippen LogP contribution is 2.26. The number of ether oxygens (including phenoxy) is 2. The van der Waals surface area contributed by atoms with Crippen molar-refractivity contribution < 1.29 is 18.8 Å². The Balaban J connectivity index is 1.67. The second-order valence-electron chi connectivity index (χ2n) is 5.63. The molecule has 0 radical (unpaired) electrons. The van der Waals surface area contributed by atoms with E-state index in [-0.39, 0.29) is 18.6 Å². The van der Waals surface area contributed by atoms with Crippen molar-refractivity contribution in [2.45, 2.75) is 19.9 Å². The zero-order valence-electron chi connectivity index (χ0n) is 13.5. The van der Waals surface area contributed by atoms with Gasteiger partial charge in [-0.3, -0.25) is 4.79 Å². The first kappa shape index (κ1) is 16.7. The average Bonchev–Trinajstić information content (AvgIpc) is 3.12. The molecule has 24 heavy (non-hydrogen) atoms. The first-order chi connectivity index (χ1) is 11.6. The van der Waals surface area contributed by atoms with Crippen molar-refractivity contribution in [2.75, 3.05) is 26.4 Å². The Morgan fingerprint density at radius 3 is 2.83 bits per heavy atom. The van der Waals surface area contributed by atoms with E-state index in [1.807, 2.05) is 26.0 Å². The van der Waals surface area contributed by atoms with Crippen molar-refractivity contribution in [3.05, 3.63) is 40.5 Å². The normalized spacial score (nSPS) is 17.8. The highest BCUT2D eigenvalue weighted by Gasteiger charge is 2.31. The van der Waals surface area contributed by atoms with Crippen LogP contribution in [0.3, 0.4) is 0 Å². The second kappa shape index (κ2) is 7.19. The average molecular weight is 352 g/mol. The van der Waals surface area contributed by atoms with Crippen LogP contribution in [0.5, 0.6) is 5.75 Å². The van der Waals surface area contributed by atoms with Crippen LogP contribution >= 0.6 is 11.6 Å². The van der Waals surface area contributed by atoms with Gasteiger partial charge in [-0.2, -0.15) is 4.98 Å². The number of hydrogen-bond acceptors (Lipinski definition) is 6. The molecule has 8 heteroatoms. The largest absolute Gasteiger partial charge is 0.484 e. The molecule has 1 aliphatic rings. The summed E-state index contributed by atoms with van der Waals surface area (Å²) in [5.74, 6) is 0.895. The van der Waals surface area contributed by atoms with E-state index in [9.17, 15) is 4.79 Å². The maximum absolute atomic E-state index is 12.5. The number of carbonyl (C=O) groups is 1. The van der Waals surface area contributed by atoms with Gasteiger partial charge >= 0.3 is 0 Å². The molecule has 0 bridgehead atoms. The lowest BCUT2D eigenvalue weighted by Crippen LogP contribution is -2.45. The van der Waals surface area contributed by atoms with Gasteiger partial charge in [0.1, 0.15) is 11.8 Å². The number of rotatable bonds is 4.